The molecule has 4 heteroatoms. The van der Waals surface area contributed by atoms with Gasteiger partial charge in [0.05, 0.1) is 0 Å². The number of hydrogen-bond acceptors (Lipinski definition) is 2. The molecule has 27 heavy (non-hydrogen) atoms. The topological polar surface area (TPSA) is 49.4 Å². The maximum atomic E-state index is 12.8. The van der Waals surface area contributed by atoms with Crippen molar-refractivity contribution in [1.29, 1.82) is 0 Å². The van der Waals surface area contributed by atoms with Gasteiger partial charge < -0.3 is 10.2 Å². The van der Waals surface area contributed by atoms with Gasteiger partial charge in [0.15, 0.2) is 0 Å². The van der Waals surface area contributed by atoms with Gasteiger partial charge in [0.2, 0.25) is 5.91 Å². The molecule has 1 heterocycles. The first-order valence-corrected chi connectivity index (χ1v) is 9.84. The van der Waals surface area contributed by atoms with Gasteiger partial charge in [-0.15, -0.1) is 0 Å². The summed E-state index contributed by atoms with van der Waals surface area (Å²) in [4.78, 5) is 27.2. The summed E-state index contributed by atoms with van der Waals surface area (Å²) in [5, 5.41) is 3.13. The fourth-order valence-electron chi connectivity index (χ4n) is 3.60. The fraction of sp³-hybridized carbons (Fsp3) is 0.391. The van der Waals surface area contributed by atoms with Crippen LogP contribution in [0, 0.1) is 5.92 Å². The van der Waals surface area contributed by atoms with Crippen LogP contribution in [0.3, 0.4) is 0 Å². The van der Waals surface area contributed by atoms with Gasteiger partial charge >= 0.3 is 0 Å². The number of para-hydroxylation sites is 1. The second-order valence-electron chi connectivity index (χ2n) is 7.32. The van der Waals surface area contributed by atoms with Crippen molar-refractivity contribution in [1.82, 2.24) is 4.90 Å². The first kappa shape index (κ1) is 19.2. The van der Waals surface area contributed by atoms with E-state index in [-0.39, 0.29) is 17.7 Å². The lowest BCUT2D eigenvalue weighted by molar-refractivity contribution is -0.121. The zero-order valence-corrected chi connectivity index (χ0v) is 16.2. The molecule has 4 nitrogen and oxygen atoms in total. The van der Waals surface area contributed by atoms with E-state index in [4.69, 9.17) is 0 Å². The number of carbonyl (C=O) groups excluding carboxylic acids is 2. The predicted molar refractivity (Wildman–Crippen MR) is 109 cm³/mol. The normalized spacial score (nSPS) is 16.0. The van der Waals surface area contributed by atoms with Crippen LogP contribution in [0.5, 0.6) is 0 Å². The molecule has 142 valence electrons. The Bertz CT molecular complexity index is 780. The van der Waals surface area contributed by atoms with Crippen molar-refractivity contribution in [3.8, 4) is 0 Å². The van der Waals surface area contributed by atoms with E-state index in [0.29, 0.717) is 37.4 Å². The average molecular weight is 364 g/mol. The first-order chi connectivity index (χ1) is 13.1. The van der Waals surface area contributed by atoms with E-state index < -0.39 is 0 Å². The quantitative estimate of drug-likeness (QED) is 0.837. The van der Waals surface area contributed by atoms with Gasteiger partial charge in [0.25, 0.3) is 5.91 Å². The molecule has 0 saturated carbocycles. The SMILES string of the molecule is CCC(C)c1ccccc1NC(=O)C1CCN(C(=O)c2ccccc2)CC1. The summed E-state index contributed by atoms with van der Waals surface area (Å²) in [6.45, 7) is 5.58. The summed E-state index contributed by atoms with van der Waals surface area (Å²) < 4.78 is 0. The molecule has 1 N–H and O–H groups in total. The highest BCUT2D eigenvalue weighted by Gasteiger charge is 2.28. The van der Waals surface area contributed by atoms with E-state index in [1.807, 2.05) is 53.4 Å². The molecule has 0 bridgehead atoms. The minimum atomic E-state index is -0.0465. The van der Waals surface area contributed by atoms with E-state index in [2.05, 4.69) is 25.2 Å². The van der Waals surface area contributed by atoms with Gasteiger partial charge in [-0.1, -0.05) is 50.2 Å². The highest BCUT2D eigenvalue weighted by molar-refractivity contribution is 5.95. The molecule has 1 aliphatic heterocycles. The van der Waals surface area contributed by atoms with Gasteiger partial charge in [-0.25, -0.2) is 0 Å². The van der Waals surface area contributed by atoms with E-state index in [9.17, 15) is 9.59 Å². The summed E-state index contributed by atoms with van der Waals surface area (Å²) in [6.07, 6.45) is 2.44. The number of anilines is 1. The van der Waals surface area contributed by atoms with Crippen LogP contribution < -0.4 is 5.32 Å². The third kappa shape index (κ3) is 4.57. The molecule has 2 aromatic rings. The smallest absolute Gasteiger partial charge is 0.253 e. The Balaban J connectivity index is 1.59. The van der Waals surface area contributed by atoms with Crippen molar-refractivity contribution >= 4 is 17.5 Å². The van der Waals surface area contributed by atoms with E-state index >= 15 is 0 Å². The number of amides is 2. The lowest BCUT2D eigenvalue weighted by Crippen LogP contribution is -2.41. The molecular formula is C23H28N2O2. The van der Waals surface area contributed by atoms with Crippen molar-refractivity contribution in [2.24, 2.45) is 5.92 Å². The molecule has 2 amide bonds. The van der Waals surface area contributed by atoms with Crippen molar-refractivity contribution in [3.63, 3.8) is 0 Å². The van der Waals surface area contributed by atoms with Crippen LogP contribution in [0.15, 0.2) is 54.6 Å². The summed E-state index contributed by atoms with van der Waals surface area (Å²) in [5.41, 5.74) is 2.81. The molecule has 3 rings (SSSR count). The van der Waals surface area contributed by atoms with Crippen LogP contribution in [0.4, 0.5) is 5.69 Å². The Kier molecular flexibility index (Phi) is 6.28. The largest absolute Gasteiger partial charge is 0.339 e. The standard InChI is InChI=1S/C23H28N2O2/c1-3-17(2)20-11-7-8-12-21(20)24-22(26)18-13-15-25(16-14-18)23(27)19-9-5-4-6-10-19/h4-12,17-18H,3,13-16H2,1-2H3,(H,24,26). The van der Waals surface area contributed by atoms with Crippen molar-refractivity contribution in [2.75, 3.05) is 18.4 Å². The number of carbonyl (C=O) groups is 2. The fourth-order valence-corrected chi connectivity index (χ4v) is 3.60. The summed E-state index contributed by atoms with van der Waals surface area (Å²) in [7, 11) is 0. The molecule has 1 aliphatic rings. The number of benzene rings is 2. The predicted octanol–water partition coefficient (Wildman–Crippen LogP) is 4.69. The molecule has 0 radical (unpaired) electrons. The molecule has 1 unspecified atom stereocenters. The number of piperidine rings is 1. The molecule has 1 atom stereocenters. The minimum Gasteiger partial charge on any atom is -0.339 e. The lowest BCUT2D eigenvalue weighted by Gasteiger charge is -2.31. The average Bonchev–Trinajstić information content (AvgIpc) is 2.73. The van der Waals surface area contributed by atoms with Crippen LogP contribution >= 0.6 is 0 Å². The minimum absolute atomic E-state index is 0.0465. The Morgan fingerprint density at radius 1 is 1.04 bits per heavy atom. The Morgan fingerprint density at radius 2 is 1.67 bits per heavy atom. The zero-order chi connectivity index (χ0) is 19.2. The van der Waals surface area contributed by atoms with Gasteiger partial charge in [-0.3, -0.25) is 9.59 Å². The summed E-state index contributed by atoms with van der Waals surface area (Å²) in [5.74, 6) is 0.482. The molecular weight excluding hydrogens is 336 g/mol. The van der Waals surface area contributed by atoms with Crippen LogP contribution in [0.2, 0.25) is 0 Å². The van der Waals surface area contributed by atoms with Crippen molar-refractivity contribution in [3.05, 3.63) is 65.7 Å². The molecule has 1 fully saturated rings. The molecule has 0 aliphatic carbocycles. The second-order valence-corrected chi connectivity index (χ2v) is 7.32. The van der Waals surface area contributed by atoms with Gasteiger partial charge in [0.1, 0.15) is 0 Å². The highest BCUT2D eigenvalue weighted by atomic mass is 16.2. The van der Waals surface area contributed by atoms with Gasteiger partial charge in [-0.2, -0.15) is 0 Å². The third-order valence-electron chi connectivity index (χ3n) is 5.54. The first-order valence-electron chi connectivity index (χ1n) is 9.84. The van der Waals surface area contributed by atoms with E-state index in [1.165, 1.54) is 5.56 Å². The van der Waals surface area contributed by atoms with Crippen LogP contribution in [-0.4, -0.2) is 29.8 Å². The van der Waals surface area contributed by atoms with Crippen molar-refractivity contribution in [2.45, 2.75) is 39.0 Å². The van der Waals surface area contributed by atoms with Gasteiger partial charge in [-0.05, 0) is 48.9 Å². The maximum absolute atomic E-state index is 12.8. The number of hydrogen-bond donors (Lipinski definition) is 1. The molecule has 0 spiro atoms. The van der Waals surface area contributed by atoms with Crippen LogP contribution in [0.1, 0.15) is 54.9 Å². The van der Waals surface area contributed by atoms with Gasteiger partial charge in [0, 0.05) is 30.3 Å². The van der Waals surface area contributed by atoms with E-state index in [0.717, 1.165) is 12.1 Å². The molecule has 1 saturated heterocycles. The number of likely N-dealkylation sites (tertiary alicyclic amines) is 1. The zero-order valence-electron chi connectivity index (χ0n) is 16.2. The number of nitrogens with zero attached hydrogens (tertiary/aromatic N) is 1. The monoisotopic (exact) mass is 364 g/mol. The Hall–Kier alpha value is -2.62. The Morgan fingerprint density at radius 3 is 2.33 bits per heavy atom. The number of nitrogens with one attached hydrogen (secondary N) is 1. The van der Waals surface area contributed by atoms with Crippen molar-refractivity contribution < 1.29 is 9.59 Å². The summed E-state index contributed by atoms with van der Waals surface area (Å²) in [6, 6.07) is 17.4. The molecule has 0 aromatic heterocycles. The maximum Gasteiger partial charge on any atom is 0.253 e. The summed E-state index contributed by atoms with van der Waals surface area (Å²) >= 11 is 0. The van der Waals surface area contributed by atoms with Crippen LogP contribution in [0.25, 0.3) is 0 Å². The highest BCUT2D eigenvalue weighted by Crippen LogP contribution is 2.28. The lowest BCUT2D eigenvalue weighted by atomic mass is 9.93. The van der Waals surface area contributed by atoms with Crippen LogP contribution in [-0.2, 0) is 4.79 Å². The molecule has 2 aromatic carbocycles. The second kappa shape index (κ2) is 8.85. The number of rotatable bonds is 5. The third-order valence-corrected chi connectivity index (χ3v) is 5.54. The van der Waals surface area contributed by atoms with E-state index in [1.54, 1.807) is 0 Å². The Labute approximate surface area is 161 Å².